The quantitative estimate of drug-likeness (QED) is 0.0558. The van der Waals surface area contributed by atoms with E-state index in [9.17, 15) is 24.0 Å². The molecule has 0 spiro atoms. The third kappa shape index (κ3) is 11.2. The van der Waals surface area contributed by atoms with Gasteiger partial charge in [0.25, 0.3) is 11.8 Å². The third-order valence-electron chi connectivity index (χ3n) is 9.37. The molecular formula is C47H48N4O9S2. The second-order valence-corrected chi connectivity index (χ2v) is 17.2. The second kappa shape index (κ2) is 20.3. The smallest absolute Gasteiger partial charge is 0.410 e. The molecule has 3 N–H and O–H groups in total. The van der Waals surface area contributed by atoms with Crippen LogP contribution in [0.4, 0.5) is 15.5 Å². The van der Waals surface area contributed by atoms with Crippen molar-refractivity contribution in [1.29, 1.82) is 0 Å². The summed E-state index contributed by atoms with van der Waals surface area (Å²) in [4.78, 5) is 71.2. The minimum Gasteiger partial charge on any atom is -0.493 e. The topological polar surface area (TPSA) is 162 Å². The first-order chi connectivity index (χ1) is 29.8. The number of fused-ring (bicyclic) bond motifs is 1. The number of rotatable bonds is 14. The highest BCUT2D eigenvalue weighted by atomic mass is 32.2. The summed E-state index contributed by atoms with van der Waals surface area (Å²) in [7, 11) is 2.99. The number of para-hydroxylation sites is 1. The summed E-state index contributed by atoms with van der Waals surface area (Å²) in [5.41, 5.74) is 2.21. The fraction of sp³-hybridized carbons (Fsp3) is 0.255. The average Bonchev–Trinajstić information content (AvgIpc) is 3.62. The molecule has 4 aromatic carbocycles. The number of nitrogens with one attached hydrogen (secondary N) is 3. The first-order valence-corrected chi connectivity index (χ1v) is 21.5. The Bertz CT molecular complexity index is 2460. The van der Waals surface area contributed by atoms with E-state index in [-0.39, 0.29) is 24.4 Å². The van der Waals surface area contributed by atoms with Gasteiger partial charge in [-0.1, -0.05) is 66.7 Å². The van der Waals surface area contributed by atoms with Gasteiger partial charge >= 0.3 is 12.1 Å². The molecule has 322 valence electrons. The fourth-order valence-electron chi connectivity index (χ4n) is 6.58. The van der Waals surface area contributed by atoms with Crippen LogP contribution in [-0.2, 0) is 32.0 Å². The summed E-state index contributed by atoms with van der Waals surface area (Å²) in [5, 5.41) is 8.20. The summed E-state index contributed by atoms with van der Waals surface area (Å²) < 4.78 is 22.1. The van der Waals surface area contributed by atoms with Gasteiger partial charge in [0.1, 0.15) is 21.5 Å². The third-order valence-corrected chi connectivity index (χ3v) is 11.8. The van der Waals surface area contributed by atoms with Crippen molar-refractivity contribution in [2.24, 2.45) is 0 Å². The van der Waals surface area contributed by atoms with Crippen molar-refractivity contribution < 1.29 is 42.9 Å². The van der Waals surface area contributed by atoms with Gasteiger partial charge in [-0.25, -0.2) is 9.59 Å². The summed E-state index contributed by atoms with van der Waals surface area (Å²) in [5.74, 6) is -1.25. The number of esters is 1. The SMILES string of the molecule is CCOC(=O)c1c(NC(=O)C(Sc2cccc(NC(=O)/C(=C\c3cccc(OC)c3OC)NC(=O)c3ccccc3)c2)c2ccccc2)sc2c1CCN(C(=O)OC(C)(C)C)C2. The largest absolute Gasteiger partial charge is 0.493 e. The summed E-state index contributed by atoms with van der Waals surface area (Å²) in [6.07, 6.45) is 1.43. The number of methoxy groups -OCH3 is 2. The van der Waals surface area contributed by atoms with E-state index in [0.29, 0.717) is 56.7 Å². The maximum absolute atomic E-state index is 14.4. The average molecular weight is 877 g/mol. The lowest BCUT2D eigenvalue weighted by Gasteiger charge is -2.30. The highest BCUT2D eigenvalue weighted by Crippen LogP contribution is 2.42. The summed E-state index contributed by atoms with van der Waals surface area (Å²) in [6.45, 7) is 7.81. The number of benzene rings is 4. The molecule has 2 heterocycles. The van der Waals surface area contributed by atoms with Crippen molar-refractivity contribution in [1.82, 2.24) is 10.2 Å². The molecule has 0 fully saturated rings. The van der Waals surface area contributed by atoms with Crippen LogP contribution in [0.1, 0.15) is 75.2 Å². The highest BCUT2D eigenvalue weighted by molar-refractivity contribution is 8.00. The monoisotopic (exact) mass is 876 g/mol. The van der Waals surface area contributed by atoms with Crippen molar-refractivity contribution >= 4 is 69.6 Å². The van der Waals surface area contributed by atoms with Gasteiger partial charge < -0.3 is 39.8 Å². The molecule has 62 heavy (non-hydrogen) atoms. The zero-order valence-corrected chi connectivity index (χ0v) is 36.9. The minimum absolute atomic E-state index is 0.0599. The van der Waals surface area contributed by atoms with Crippen molar-refractivity contribution in [2.45, 2.75) is 56.4 Å². The number of anilines is 2. The zero-order chi connectivity index (χ0) is 44.4. The lowest BCUT2D eigenvalue weighted by Crippen LogP contribution is -2.39. The lowest BCUT2D eigenvalue weighted by molar-refractivity contribution is -0.116. The van der Waals surface area contributed by atoms with E-state index in [2.05, 4.69) is 16.0 Å². The van der Waals surface area contributed by atoms with Crippen LogP contribution >= 0.6 is 23.1 Å². The fourth-order valence-corrected chi connectivity index (χ4v) is 8.91. The lowest BCUT2D eigenvalue weighted by atomic mass is 10.0. The number of hydrogen-bond acceptors (Lipinski definition) is 11. The number of thioether (sulfide) groups is 1. The molecule has 0 bridgehead atoms. The van der Waals surface area contributed by atoms with Crippen molar-refractivity contribution in [3.8, 4) is 11.5 Å². The molecule has 15 heteroatoms. The molecular weight excluding hydrogens is 829 g/mol. The number of carbonyl (C=O) groups is 5. The predicted octanol–water partition coefficient (Wildman–Crippen LogP) is 9.12. The second-order valence-electron chi connectivity index (χ2n) is 14.9. The van der Waals surface area contributed by atoms with Crippen LogP contribution in [-0.4, -0.2) is 67.7 Å². The summed E-state index contributed by atoms with van der Waals surface area (Å²) >= 11 is 2.48. The molecule has 1 atom stereocenters. The maximum Gasteiger partial charge on any atom is 0.410 e. The number of hydrogen-bond donors (Lipinski definition) is 3. The Morgan fingerprint density at radius 1 is 0.871 bits per heavy atom. The van der Waals surface area contributed by atoms with Gasteiger partial charge in [-0.2, -0.15) is 0 Å². The highest BCUT2D eigenvalue weighted by Gasteiger charge is 2.34. The van der Waals surface area contributed by atoms with Crippen LogP contribution in [0, 0.1) is 0 Å². The van der Waals surface area contributed by atoms with Crippen molar-refractivity contribution in [3.63, 3.8) is 0 Å². The Kier molecular flexibility index (Phi) is 14.7. The first-order valence-electron chi connectivity index (χ1n) is 19.8. The standard InChI is InChI=1S/C47H48N4O9S2/c1-7-59-45(55)38-34-24-25-51(46(56)60-47(2,3)4)28-37(34)62-44(38)50-43(54)40(29-16-10-8-11-17-29)61-33-22-15-21-32(27-33)48-42(53)35(49-41(52)30-18-12-9-13-19-30)26-31-20-14-23-36(57-5)39(31)58-6/h8-23,26-27,40H,7,24-25,28H2,1-6H3,(H,48,53)(H,49,52)(H,50,54)/b35-26+. The van der Waals surface area contributed by atoms with E-state index >= 15 is 0 Å². The molecule has 0 saturated heterocycles. The number of amides is 4. The Labute approximate surface area is 368 Å². The van der Waals surface area contributed by atoms with Crippen molar-refractivity contribution in [2.75, 3.05) is 38.0 Å². The molecule has 4 amide bonds. The molecule has 1 aliphatic rings. The van der Waals surface area contributed by atoms with E-state index in [0.717, 1.165) is 10.4 Å². The van der Waals surface area contributed by atoms with E-state index in [4.69, 9.17) is 18.9 Å². The summed E-state index contributed by atoms with van der Waals surface area (Å²) in [6, 6.07) is 29.9. The molecule has 0 aliphatic carbocycles. The first kappa shape index (κ1) is 45.0. The van der Waals surface area contributed by atoms with Crippen LogP contribution in [0.3, 0.4) is 0 Å². The number of nitrogens with zero attached hydrogens (tertiary/aromatic N) is 1. The normalized spacial score (nSPS) is 12.9. The van der Waals surface area contributed by atoms with E-state index in [1.165, 1.54) is 43.4 Å². The van der Waals surface area contributed by atoms with Gasteiger partial charge in [-0.3, -0.25) is 14.4 Å². The molecule has 5 aromatic rings. The van der Waals surface area contributed by atoms with Crippen LogP contribution in [0.25, 0.3) is 6.08 Å². The molecule has 1 aromatic heterocycles. The number of thiophene rings is 1. The zero-order valence-electron chi connectivity index (χ0n) is 35.2. The van der Waals surface area contributed by atoms with Gasteiger partial charge in [-0.05, 0) is 87.7 Å². The van der Waals surface area contributed by atoms with E-state index < -0.39 is 40.6 Å². The molecule has 1 unspecified atom stereocenters. The van der Waals surface area contributed by atoms with E-state index in [1.54, 1.807) is 99.3 Å². The van der Waals surface area contributed by atoms with Crippen LogP contribution in [0.15, 0.2) is 114 Å². The Morgan fingerprint density at radius 3 is 2.26 bits per heavy atom. The molecule has 13 nitrogen and oxygen atoms in total. The molecule has 0 saturated carbocycles. The molecule has 1 aliphatic heterocycles. The van der Waals surface area contributed by atoms with Crippen LogP contribution in [0.5, 0.6) is 11.5 Å². The number of carbonyl (C=O) groups excluding carboxylic acids is 5. The number of ether oxygens (including phenoxy) is 4. The Morgan fingerprint density at radius 2 is 1.58 bits per heavy atom. The minimum atomic E-state index is -0.810. The van der Waals surface area contributed by atoms with Gasteiger partial charge in [0.15, 0.2) is 11.5 Å². The predicted molar refractivity (Wildman–Crippen MR) is 241 cm³/mol. The van der Waals surface area contributed by atoms with Gasteiger partial charge in [0, 0.05) is 33.1 Å². The molecule has 0 radical (unpaired) electrons. The van der Waals surface area contributed by atoms with Crippen molar-refractivity contribution in [3.05, 3.63) is 142 Å². The van der Waals surface area contributed by atoms with Gasteiger partial charge in [0.2, 0.25) is 5.91 Å². The Hall–Kier alpha value is -6.58. The van der Waals surface area contributed by atoms with Gasteiger partial charge in [0.05, 0.1) is 32.9 Å². The van der Waals surface area contributed by atoms with Crippen LogP contribution < -0.4 is 25.4 Å². The molecule has 6 rings (SSSR count). The van der Waals surface area contributed by atoms with E-state index in [1.807, 2.05) is 36.4 Å². The van der Waals surface area contributed by atoms with Gasteiger partial charge in [-0.15, -0.1) is 23.1 Å². The Balaban J connectivity index is 1.27. The maximum atomic E-state index is 14.4. The van der Waals surface area contributed by atoms with Crippen LogP contribution in [0.2, 0.25) is 0 Å².